The van der Waals surface area contributed by atoms with Gasteiger partial charge in [-0.3, -0.25) is 9.63 Å². The molecule has 0 bridgehead atoms. The Morgan fingerprint density at radius 3 is 2.17 bits per heavy atom. The Bertz CT molecular complexity index is 791. The van der Waals surface area contributed by atoms with E-state index in [1.54, 1.807) is 52.9 Å². The van der Waals surface area contributed by atoms with Gasteiger partial charge in [0.2, 0.25) is 0 Å². The number of rotatable bonds is 6. The minimum absolute atomic E-state index is 0.00816. The van der Waals surface area contributed by atoms with E-state index in [0.717, 1.165) is 12.0 Å². The number of carbonyl (C=O) groups excluding carboxylic acids is 1. The second-order valence-electron chi connectivity index (χ2n) is 6.90. The van der Waals surface area contributed by atoms with Gasteiger partial charge < -0.3 is 0 Å². The van der Waals surface area contributed by atoms with Gasteiger partial charge in [0.1, 0.15) is 6.61 Å². The molecule has 1 amide bonds. The molecular weight excluding hydrogens is 522 g/mol. The van der Waals surface area contributed by atoms with E-state index >= 15 is 0 Å². The van der Waals surface area contributed by atoms with Gasteiger partial charge in [0.15, 0.2) is 0 Å². The van der Waals surface area contributed by atoms with Crippen LogP contribution in [0.15, 0.2) is 39.5 Å². The molecule has 1 aromatic carbocycles. The highest BCUT2D eigenvalue weighted by Gasteiger charge is 2.74. The number of hydrogen-bond donors (Lipinski definition) is 0. The summed E-state index contributed by atoms with van der Waals surface area (Å²) in [6.45, 7) is 1.96. The van der Waals surface area contributed by atoms with Gasteiger partial charge in [-0.25, -0.2) is 5.06 Å². The van der Waals surface area contributed by atoms with Gasteiger partial charge in [-0.1, -0.05) is 30.3 Å². The molecular formula is C18H17F7INO2. The van der Waals surface area contributed by atoms with Gasteiger partial charge in [-0.05, 0) is 51.2 Å². The first kappa shape index (κ1) is 23.9. The minimum Gasteiger partial charge on any atom is -0.272 e. The fourth-order valence-corrected chi connectivity index (χ4v) is 3.82. The summed E-state index contributed by atoms with van der Waals surface area (Å²) in [6.07, 6.45) is -8.46. The molecule has 2 rings (SSSR count). The van der Waals surface area contributed by atoms with Crippen LogP contribution in [0, 0.1) is 5.41 Å². The summed E-state index contributed by atoms with van der Waals surface area (Å²) in [7, 11) is 0. The van der Waals surface area contributed by atoms with E-state index in [1.807, 2.05) is 0 Å². The lowest BCUT2D eigenvalue weighted by atomic mass is 9.77. The number of hydroxylamine groups is 2. The van der Waals surface area contributed by atoms with E-state index in [2.05, 4.69) is 0 Å². The molecule has 0 aromatic heterocycles. The highest BCUT2D eigenvalue weighted by Crippen LogP contribution is 2.54. The molecule has 0 saturated carbocycles. The Morgan fingerprint density at radius 2 is 1.69 bits per heavy atom. The van der Waals surface area contributed by atoms with Crippen LogP contribution in [-0.4, -0.2) is 35.5 Å². The summed E-state index contributed by atoms with van der Waals surface area (Å²) in [5.41, 5.74) is -1.62. The Morgan fingerprint density at radius 1 is 1.14 bits per heavy atom. The topological polar surface area (TPSA) is 29.5 Å². The van der Waals surface area contributed by atoms with E-state index in [0.29, 0.717) is 9.14 Å². The quantitative estimate of drug-likeness (QED) is 0.333. The van der Waals surface area contributed by atoms with Crippen LogP contribution in [-0.2, 0) is 16.2 Å². The second kappa shape index (κ2) is 8.05. The number of hydrogen-bond acceptors (Lipinski definition) is 2. The standard InChI is InChI=1S/C18H17F7INO2/c1-11(26)13-8-27(29-9-12-6-4-3-5-7-12)14(28)15(13,2)10-16(19,20)17(21,22)18(23,24)25/h3-7H,8-10H2,1-2H3/b13-11-/t15-/m0/s1. The van der Waals surface area contributed by atoms with Crippen LogP contribution in [0.5, 0.6) is 0 Å². The Labute approximate surface area is 176 Å². The van der Waals surface area contributed by atoms with Gasteiger partial charge >= 0.3 is 18.0 Å². The molecule has 1 heterocycles. The van der Waals surface area contributed by atoms with Crippen LogP contribution in [0.25, 0.3) is 0 Å². The summed E-state index contributed by atoms with van der Waals surface area (Å²) in [5, 5.41) is 0.728. The average Bonchev–Trinajstić information content (AvgIpc) is 2.83. The molecule has 0 aliphatic carbocycles. The van der Waals surface area contributed by atoms with Crippen molar-refractivity contribution in [1.29, 1.82) is 0 Å². The number of benzene rings is 1. The number of carbonyl (C=O) groups is 1. The average molecular weight is 539 g/mol. The second-order valence-corrected chi connectivity index (χ2v) is 8.52. The highest BCUT2D eigenvalue weighted by atomic mass is 127. The maximum absolute atomic E-state index is 14.1. The van der Waals surface area contributed by atoms with Crippen molar-refractivity contribution in [2.75, 3.05) is 6.54 Å². The zero-order valence-corrected chi connectivity index (χ0v) is 17.5. The Balaban J connectivity index is 2.31. The summed E-state index contributed by atoms with van der Waals surface area (Å²) < 4.78 is 92.8. The van der Waals surface area contributed by atoms with Crippen LogP contribution in [0.2, 0.25) is 0 Å². The lowest BCUT2D eigenvalue weighted by Gasteiger charge is -2.34. The summed E-state index contributed by atoms with van der Waals surface area (Å²) in [5.74, 6) is -12.9. The molecule has 1 atom stereocenters. The summed E-state index contributed by atoms with van der Waals surface area (Å²) >= 11 is 1.71. The van der Waals surface area contributed by atoms with Crippen molar-refractivity contribution in [2.45, 2.75) is 44.9 Å². The van der Waals surface area contributed by atoms with Gasteiger partial charge in [-0.15, -0.1) is 0 Å². The summed E-state index contributed by atoms with van der Waals surface area (Å²) in [6, 6.07) is 8.50. The lowest BCUT2D eigenvalue weighted by molar-refractivity contribution is -0.358. The molecule has 0 unspecified atom stereocenters. The molecule has 162 valence electrons. The molecule has 1 fully saturated rings. The molecule has 29 heavy (non-hydrogen) atoms. The lowest BCUT2D eigenvalue weighted by Crippen LogP contribution is -2.54. The summed E-state index contributed by atoms with van der Waals surface area (Å²) in [4.78, 5) is 18.1. The van der Waals surface area contributed by atoms with Crippen molar-refractivity contribution in [2.24, 2.45) is 5.41 Å². The Hall–Kier alpha value is -1.37. The zero-order valence-electron chi connectivity index (χ0n) is 15.3. The molecule has 3 nitrogen and oxygen atoms in total. The van der Waals surface area contributed by atoms with Gasteiger partial charge in [0.25, 0.3) is 5.91 Å². The minimum atomic E-state index is -6.46. The van der Waals surface area contributed by atoms with Crippen LogP contribution < -0.4 is 0 Å². The third-order valence-electron chi connectivity index (χ3n) is 4.70. The highest BCUT2D eigenvalue weighted by molar-refractivity contribution is 14.1. The van der Waals surface area contributed by atoms with Gasteiger partial charge in [0.05, 0.1) is 12.0 Å². The van der Waals surface area contributed by atoms with E-state index in [9.17, 15) is 35.5 Å². The monoisotopic (exact) mass is 539 g/mol. The maximum atomic E-state index is 14.1. The molecule has 1 saturated heterocycles. The molecule has 0 spiro atoms. The first-order chi connectivity index (χ1) is 13.1. The molecule has 1 aliphatic rings. The molecule has 1 aliphatic heterocycles. The van der Waals surface area contributed by atoms with E-state index in [1.165, 1.54) is 6.92 Å². The number of nitrogens with zero attached hydrogens (tertiary/aromatic N) is 1. The Kier molecular flexibility index (Phi) is 6.63. The molecule has 11 heteroatoms. The fourth-order valence-electron chi connectivity index (χ4n) is 3.06. The normalized spacial score (nSPS) is 23.0. The van der Waals surface area contributed by atoms with Crippen molar-refractivity contribution in [3.05, 3.63) is 45.0 Å². The van der Waals surface area contributed by atoms with E-state index in [4.69, 9.17) is 4.84 Å². The largest absolute Gasteiger partial charge is 0.459 e. The maximum Gasteiger partial charge on any atom is 0.459 e. The first-order valence-electron chi connectivity index (χ1n) is 8.30. The van der Waals surface area contributed by atoms with Crippen molar-refractivity contribution in [3.63, 3.8) is 0 Å². The third-order valence-corrected chi connectivity index (χ3v) is 5.35. The first-order valence-corrected chi connectivity index (χ1v) is 9.38. The van der Waals surface area contributed by atoms with Gasteiger partial charge in [-0.2, -0.15) is 30.7 Å². The van der Waals surface area contributed by atoms with Crippen molar-refractivity contribution in [3.8, 4) is 0 Å². The molecule has 0 radical (unpaired) electrons. The number of allylic oxidation sites excluding steroid dienone is 1. The van der Waals surface area contributed by atoms with Crippen molar-refractivity contribution >= 4 is 28.5 Å². The van der Waals surface area contributed by atoms with Crippen LogP contribution in [0.3, 0.4) is 0 Å². The predicted octanol–water partition coefficient (Wildman–Crippen LogP) is 5.90. The van der Waals surface area contributed by atoms with Gasteiger partial charge in [0, 0.05) is 6.42 Å². The van der Waals surface area contributed by atoms with Crippen LogP contribution >= 0.6 is 22.6 Å². The van der Waals surface area contributed by atoms with E-state index < -0.39 is 35.8 Å². The zero-order chi connectivity index (χ0) is 22.3. The number of amides is 1. The predicted molar refractivity (Wildman–Crippen MR) is 98.3 cm³/mol. The third kappa shape index (κ3) is 4.54. The number of halogens is 8. The van der Waals surface area contributed by atoms with Crippen LogP contribution in [0.4, 0.5) is 30.7 Å². The SMILES string of the molecule is C/C(I)=C1\CN(OCc2ccccc2)C(=O)[C@@]1(C)CC(F)(F)C(F)(F)C(F)(F)F. The van der Waals surface area contributed by atoms with Crippen LogP contribution in [0.1, 0.15) is 25.8 Å². The smallest absolute Gasteiger partial charge is 0.272 e. The molecule has 0 N–H and O–H groups in total. The fraction of sp³-hybridized carbons (Fsp3) is 0.500. The van der Waals surface area contributed by atoms with Crippen molar-refractivity contribution < 1.29 is 40.4 Å². The van der Waals surface area contributed by atoms with E-state index in [-0.39, 0.29) is 18.7 Å². The van der Waals surface area contributed by atoms with Crippen molar-refractivity contribution in [1.82, 2.24) is 5.06 Å². The number of alkyl halides is 7. The molecule has 1 aromatic rings.